The van der Waals surface area contributed by atoms with Crippen molar-refractivity contribution >= 4 is 93.7 Å². The number of rotatable bonds is 25. The smallest absolute Gasteiger partial charge is 0.284 e. The molecule has 618 valence electrons. The number of para-hydroxylation sites is 3. The molecule has 6 heterocycles. The van der Waals surface area contributed by atoms with Crippen LogP contribution in [0.3, 0.4) is 0 Å². The van der Waals surface area contributed by atoms with E-state index in [4.69, 9.17) is 28.4 Å². The first-order valence-corrected chi connectivity index (χ1v) is 41.6. The minimum Gasteiger partial charge on any atom is -0.497 e. The Morgan fingerprint density at radius 1 is 0.430 bits per heavy atom. The van der Waals surface area contributed by atoms with Crippen molar-refractivity contribution in [1.29, 1.82) is 0 Å². The summed E-state index contributed by atoms with van der Waals surface area (Å²) in [6, 6.07) is 59.7. The molecule has 0 saturated carbocycles. The number of ether oxygens (including phenoxy) is 6. The average Bonchev–Trinajstić information content (AvgIpc) is 1.62. The third kappa shape index (κ3) is 18.9. The van der Waals surface area contributed by atoms with E-state index in [0.29, 0.717) is 114 Å². The molecule has 31 heteroatoms. The number of hydrogen-bond donors (Lipinski definition) is 3. The zero-order chi connectivity index (χ0) is 85.9. The van der Waals surface area contributed by atoms with Crippen molar-refractivity contribution < 1.29 is 64.4 Å². The van der Waals surface area contributed by atoms with E-state index in [1.807, 2.05) is 37.3 Å². The molecule has 0 aliphatic carbocycles. The fraction of sp³-hybridized carbons (Fsp3) is 0.156. The number of nitrogens with one attached hydrogen (secondary N) is 3. The molecule has 6 aromatic heterocycles. The van der Waals surface area contributed by atoms with Crippen molar-refractivity contribution in [2.45, 2.75) is 47.3 Å². The molecule has 15 aromatic rings. The van der Waals surface area contributed by atoms with E-state index in [-0.39, 0.29) is 69.8 Å². The summed E-state index contributed by atoms with van der Waals surface area (Å²) in [5.74, 6) is 3.12. The Kier molecular flexibility index (Phi) is 25.7. The van der Waals surface area contributed by atoms with Crippen LogP contribution in [0.2, 0.25) is 0 Å². The summed E-state index contributed by atoms with van der Waals surface area (Å²) in [5, 5.41) is 9.93. The van der Waals surface area contributed by atoms with Gasteiger partial charge in [0, 0.05) is 130 Å². The Hall–Kier alpha value is -14.6. The summed E-state index contributed by atoms with van der Waals surface area (Å²) in [6.07, 6.45) is 7.79. The van der Waals surface area contributed by atoms with E-state index in [2.05, 4.69) is 36.8 Å². The maximum Gasteiger partial charge on any atom is 0.284 e. The second-order valence-electron chi connectivity index (χ2n) is 27.5. The molecule has 2 unspecified atom stereocenters. The largest absolute Gasteiger partial charge is 0.497 e. The van der Waals surface area contributed by atoms with Gasteiger partial charge in [0.05, 0.1) is 85.1 Å². The molecule has 0 radical (unpaired) electrons. The number of anilines is 3. The fourth-order valence-electron chi connectivity index (χ4n) is 13.5. The minimum atomic E-state index is -2.36. The molecule has 3 N–H and O–H groups in total. The Balaban J connectivity index is 0.000000157. The highest BCUT2D eigenvalue weighted by molar-refractivity contribution is 7.99. The van der Waals surface area contributed by atoms with Crippen LogP contribution in [0.1, 0.15) is 55.1 Å². The summed E-state index contributed by atoms with van der Waals surface area (Å²) in [6.45, 7) is 7.86. The van der Waals surface area contributed by atoms with E-state index in [1.165, 1.54) is 50.4 Å². The van der Waals surface area contributed by atoms with Gasteiger partial charge in [0.25, 0.3) is 34.4 Å². The molecular formula is C90H81F3N12O14S2. The lowest BCUT2D eigenvalue weighted by Crippen LogP contribution is -2.26. The van der Waals surface area contributed by atoms with Crippen LogP contribution in [0.25, 0.3) is 49.8 Å². The first-order valence-electron chi connectivity index (χ1n) is 37.6. The third-order valence-corrected chi connectivity index (χ3v) is 21.3. The van der Waals surface area contributed by atoms with Crippen molar-refractivity contribution in [3.8, 4) is 68.8 Å². The highest BCUT2D eigenvalue weighted by atomic mass is 32.2. The van der Waals surface area contributed by atoms with Crippen molar-refractivity contribution in [1.82, 2.24) is 43.0 Å². The first kappa shape index (κ1) is 84.3. The minimum absolute atomic E-state index is 0.00452. The summed E-state index contributed by atoms with van der Waals surface area (Å²) >= 11 is 0. The molecule has 121 heavy (non-hydrogen) atoms. The Morgan fingerprint density at radius 2 is 0.736 bits per heavy atom. The molecule has 9 aromatic carbocycles. The van der Waals surface area contributed by atoms with Gasteiger partial charge in [-0.25, -0.2) is 27.2 Å². The lowest BCUT2D eigenvalue weighted by Gasteiger charge is -2.14. The van der Waals surface area contributed by atoms with Crippen molar-refractivity contribution in [3.05, 3.63) is 319 Å². The van der Waals surface area contributed by atoms with Crippen LogP contribution in [0.4, 0.5) is 30.2 Å². The highest BCUT2D eigenvalue weighted by Crippen LogP contribution is 2.37. The number of carbonyl (C=O) groups is 3. The van der Waals surface area contributed by atoms with Crippen LogP contribution in [-0.4, -0.2) is 120 Å². The predicted molar refractivity (Wildman–Crippen MR) is 463 cm³/mol. The normalized spacial score (nSPS) is 11.8. The van der Waals surface area contributed by atoms with Crippen molar-refractivity contribution in [2.24, 2.45) is 0 Å². The van der Waals surface area contributed by atoms with Crippen LogP contribution in [-0.2, 0) is 40.0 Å². The van der Waals surface area contributed by atoms with Gasteiger partial charge in [-0.3, -0.25) is 66.2 Å². The fourth-order valence-corrected chi connectivity index (χ4v) is 14.5. The van der Waals surface area contributed by atoms with Gasteiger partial charge in [-0.15, -0.1) is 0 Å². The maximum absolute atomic E-state index is 15.2. The Bertz CT molecular complexity index is 6790. The van der Waals surface area contributed by atoms with Gasteiger partial charge in [0.1, 0.15) is 51.2 Å². The number of nitrogens with zero attached hydrogens (tertiary/aromatic N) is 9. The molecule has 0 bridgehead atoms. The molecule has 2 atom stereocenters. The van der Waals surface area contributed by atoms with Gasteiger partial charge in [-0.05, 0) is 170 Å². The number of aromatic nitrogens is 9. The number of hydrogen-bond acceptors (Lipinski definition) is 17. The monoisotopic (exact) mass is 1670 g/mol. The van der Waals surface area contributed by atoms with E-state index in [0.717, 1.165) is 18.2 Å². The first-order chi connectivity index (χ1) is 58.2. The Labute approximate surface area is 694 Å². The second-order valence-corrected chi connectivity index (χ2v) is 31.9. The number of halogens is 3. The van der Waals surface area contributed by atoms with Gasteiger partial charge in [0.2, 0.25) is 0 Å². The van der Waals surface area contributed by atoms with Crippen LogP contribution in [0, 0.1) is 38.2 Å². The summed E-state index contributed by atoms with van der Waals surface area (Å²) in [7, 11) is 1.22. The number of pyridine rings is 3. The zero-order valence-corrected chi connectivity index (χ0v) is 68.6. The van der Waals surface area contributed by atoms with E-state index in [9.17, 15) is 37.2 Å². The quantitative estimate of drug-likeness (QED) is 0.0448. The van der Waals surface area contributed by atoms with Gasteiger partial charge in [-0.1, -0.05) is 54.6 Å². The summed E-state index contributed by atoms with van der Waals surface area (Å²) < 4.78 is 112. The summed E-state index contributed by atoms with van der Waals surface area (Å²) in [5.41, 5.74) is 3.70. The molecule has 0 aliphatic heterocycles. The number of amides is 3. The SMILES string of the molecule is C=S(C)(=O)CCn1c(C)c(C(=O)Nc2ccc(Oc3ccnc4cc(OC)ccc34)c(F)c2)c(=O)n1-c1ccccc1.CCn1c(C)c(C(=O)Nc2ccc(Oc3ccnc4cc(OC)ccc34)c(F)c2)c(=O)n1-c1ccccc1.COc1ccc2c(Oc3ccc(NC(=O)c4c(C)n(CCS(C)=O)n(-c5ccccc5)c4=O)cc3F)ccnc2c1. The Morgan fingerprint density at radius 3 is 1.02 bits per heavy atom. The molecule has 0 saturated heterocycles. The number of methoxy groups -OCH3 is 3. The van der Waals surface area contributed by atoms with Crippen molar-refractivity contribution in [3.63, 3.8) is 0 Å². The lowest BCUT2D eigenvalue weighted by atomic mass is 10.2. The molecule has 3 amide bonds. The highest BCUT2D eigenvalue weighted by Gasteiger charge is 2.29. The molecule has 0 spiro atoms. The maximum atomic E-state index is 15.2. The topological polar surface area (TPSA) is 296 Å². The molecule has 0 fully saturated rings. The number of fused-ring (bicyclic) bond motifs is 3. The van der Waals surface area contributed by atoms with Gasteiger partial charge in [0.15, 0.2) is 34.7 Å². The predicted octanol–water partition coefficient (Wildman–Crippen LogP) is 15.8. The van der Waals surface area contributed by atoms with Crippen molar-refractivity contribution in [2.75, 3.05) is 61.3 Å². The molecular weight excluding hydrogens is 1590 g/mol. The lowest BCUT2D eigenvalue weighted by molar-refractivity contribution is 0.101. The average molecular weight is 1680 g/mol. The number of carbonyl (C=O) groups excluding carboxylic acids is 3. The van der Waals surface area contributed by atoms with Crippen LogP contribution in [0.15, 0.2) is 251 Å². The standard InChI is InChI=1S/C31H29FN4O5S.C30H27FN4O5S.C29H25FN4O4/c1-20-29(31(38)36(22-8-6-5-7-9-22)35(20)16-17-42(3,4)39)30(37)34-21-10-13-28(25(32)18-21)41-27-14-15-33-26-19-23(40-2)11-12-24(26)27;1-19-28(30(37)35(21-7-5-4-6-8-21)34(19)15-16-41(3)38)29(36)33-20-9-12-27(24(31)17-20)40-26-13-14-32-25-18-22(39-2)10-11-23(25)26;1-4-33-18(2)27(29(36)34(33)20-8-6-5-7-9-20)28(35)32-19-10-13-26(23(30)16-19)38-25-14-15-31-24-17-21(37-3)11-12-22(24)25/h5-15,18-19H,3,16-17H2,1-2,4H3,(H,34,37);4-14,17-18H,15-16H2,1-3H3,(H,33,36);5-17H,4H2,1-3H3,(H,32,35). The van der Waals surface area contributed by atoms with E-state index >= 15 is 13.2 Å². The number of benzene rings is 9. The van der Waals surface area contributed by atoms with Crippen LogP contribution in [0.5, 0.6) is 51.7 Å². The van der Waals surface area contributed by atoms with Crippen LogP contribution >= 0.6 is 0 Å². The van der Waals surface area contributed by atoms with E-state index in [1.54, 1.807) is 221 Å². The second kappa shape index (κ2) is 36.9. The molecule has 26 nitrogen and oxygen atoms in total. The molecule has 0 aliphatic rings. The third-order valence-electron chi connectivity index (χ3n) is 19.5. The van der Waals surface area contributed by atoms with E-state index < -0.39 is 72.2 Å². The zero-order valence-electron chi connectivity index (χ0n) is 67.0. The summed E-state index contributed by atoms with van der Waals surface area (Å²) in [4.78, 5) is 93.0. The van der Waals surface area contributed by atoms with Gasteiger partial charge < -0.3 is 44.4 Å². The molecule has 15 rings (SSSR count). The van der Waals surface area contributed by atoms with Gasteiger partial charge >= 0.3 is 0 Å². The van der Waals surface area contributed by atoms with Crippen LogP contribution < -0.4 is 61.0 Å². The van der Waals surface area contributed by atoms with Gasteiger partial charge in [-0.2, -0.15) is 0 Å².